The summed E-state index contributed by atoms with van der Waals surface area (Å²) in [5, 5.41) is 0. The summed E-state index contributed by atoms with van der Waals surface area (Å²) >= 11 is 0. The van der Waals surface area contributed by atoms with E-state index in [1.807, 2.05) is 4.90 Å². The fourth-order valence-electron chi connectivity index (χ4n) is 2.77. The van der Waals surface area contributed by atoms with E-state index in [2.05, 4.69) is 10.8 Å². The highest BCUT2D eigenvalue weighted by Gasteiger charge is 2.27. The summed E-state index contributed by atoms with van der Waals surface area (Å²) in [4.78, 5) is 16.1. The van der Waals surface area contributed by atoms with Gasteiger partial charge in [-0.05, 0) is 38.9 Å². The quantitative estimate of drug-likeness (QED) is 0.685. The van der Waals surface area contributed by atoms with Gasteiger partial charge in [-0.15, -0.1) is 12.3 Å². The third kappa shape index (κ3) is 3.47. The Morgan fingerprint density at radius 1 is 1.24 bits per heavy atom. The standard InChI is InChI=1S/C14H22N2O/c1-2-13-11-14(17)16(12-13)10-6-9-15-7-4-3-5-8-15/h1,13H,3-12H2. The Balaban J connectivity index is 1.65. The highest BCUT2D eigenvalue weighted by atomic mass is 16.2. The Morgan fingerprint density at radius 3 is 2.65 bits per heavy atom. The van der Waals surface area contributed by atoms with Crippen LogP contribution >= 0.6 is 0 Å². The zero-order valence-corrected chi connectivity index (χ0v) is 10.5. The SMILES string of the molecule is C#CC1CC(=O)N(CCCN2CCCCC2)C1. The van der Waals surface area contributed by atoms with Gasteiger partial charge < -0.3 is 9.80 Å². The molecule has 94 valence electrons. The van der Waals surface area contributed by atoms with Crippen molar-refractivity contribution >= 4 is 5.91 Å². The van der Waals surface area contributed by atoms with E-state index in [4.69, 9.17) is 6.42 Å². The van der Waals surface area contributed by atoms with Gasteiger partial charge >= 0.3 is 0 Å². The molecule has 0 aromatic heterocycles. The van der Waals surface area contributed by atoms with Crippen LogP contribution in [-0.4, -0.2) is 48.4 Å². The molecular formula is C14H22N2O. The molecule has 0 radical (unpaired) electrons. The fraction of sp³-hybridized carbons (Fsp3) is 0.786. The molecule has 2 rings (SSSR count). The summed E-state index contributed by atoms with van der Waals surface area (Å²) in [6.07, 6.45) is 11.1. The molecule has 17 heavy (non-hydrogen) atoms. The van der Waals surface area contributed by atoms with Crippen LogP contribution in [0.1, 0.15) is 32.1 Å². The number of rotatable bonds is 4. The number of hydrogen-bond acceptors (Lipinski definition) is 2. The predicted octanol–water partition coefficient (Wildman–Crippen LogP) is 1.34. The summed E-state index contributed by atoms with van der Waals surface area (Å²) in [6.45, 7) is 5.26. The molecule has 0 saturated carbocycles. The third-order valence-corrected chi connectivity index (χ3v) is 3.80. The lowest BCUT2D eigenvalue weighted by Crippen LogP contribution is -2.33. The number of nitrogens with zero attached hydrogens (tertiary/aromatic N) is 2. The number of piperidine rings is 1. The molecule has 1 atom stereocenters. The third-order valence-electron chi connectivity index (χ3n) is 3.80. The Bertz CT molecular complexity index is 302. The van der Waals surface area contributed by atoms with Gasteiger partial charge in [-0.1, -0.05) is 6.42 Å². The van der Waals surface area contributed by atoms with Gasteiger partial charge in [0, 0.05) is 25.4 Å². The summed E-state index contributed by atoms with van der Waals surface area (Å²) in [5.74, 6) is 3.08. The van der Waals surface area contributed by atoms with Gasteiger partial charge in [-0.2, -0.15) is 0 Å². The molecule has 0 N–H and O–H groups in total. The fourth-order valence-corrected chi connectivity index (χ4v) is 2.77. The van der Waals surface area contributed by atoms with Crippen molar-refractivity contribution in [2.24, 2.45) is 5.92 Å². The van der Waals surface area contributed by atoms with Crippen molar-refractivity contribution in [3.63, 3.8) is 0 Å². The van der Waals surface area contributed by atoms with Crippen LogP contribution < -0.4 is 0 Å². The lowest BCUT2D eigenvalue weighted by molar-refractivity contribution is -0.127. The highest BCUT2D eigenvalue weighted by Crippen LogP contribution is 2.17. The van der Waals surface area contributed by atoms with Gasteiger partial charge in [0.2, 0.25) is 5.91 Å². The van der Waals surface area contributed by atoms with Crippen LogP contribution in [0.3, 0.4) is 0 Å². The average Bonchev–Trinajstić information content (AvgIpc) is 2.72. The molecule has 2 aliphatic heterocycles. The van der Waals surface area contributed by atoms with Crippen LogP contribution in [0.25, 0.3) is 0 Å². The van der Waals surface area contributed by atoms with Crippen molar-refractivity contribution < 1.29 is 4.79 Å². The van der Waals surface area contributed by atoms with E-state index in [0.717, 1.165) is 26.1 Å². The predicted molar refractivity (Wildman–Crippen MR) is 68.4 cm³/mol. The molecule has 0 aromatic carbocycles. The minimum absolute atomic E-state index is 0.150. The Labute approximate surface area is 104 Å². The Kier molecular flexibility index (Phi) is 4.44. The van der Waals surface area contributed by atoms with Crippen LogP contribution in [0.4, 0.5) is 0 Å². The maximum absolute atomic E-state index is 11.6. The molecular weight excluding hydrogens is 212 g/mol. The first-order valence-corrected chi connectivity index (χ1v) is 6.76. The Hall–Kier alpha value is -1.01. The van der Waals surface area contributed by atoms with Gasteiger partial charge in [0.15, 0.2) is 0 Å². The molecule has 3 heteroatoms. The molecule has 3 nitrogen and oxygen atoms in total. The number of amides is 1. The van der Waals surface area contributed by atoms with Crippen molar-refractivity contribution in [1.82, 2.24) is 9.80 Å². The van der Waals surface area contributed by atoms with Crippen molar-refractivity contribution in [3.8, 4) is 12.3 Å². The number of carbonyl (C=O) groups is 1. The van der Waals surface area contributed by atoms with Gasteiger partial charge in [0.1, 0.15) is 0 Å². The second-order valence-electron chi connectivity index (χ2n) is 5.16. The molecule has 1 amide bonds. The van der Waals surface area contributed by atoms with Gasteiger partial charge in [0.25, 0.3) is 0 Å². The van der Waals surface area contributed by atoms with Crippen molar-refractivity contribution in [1.29, 1.82) is 0 Å². The van der Waals surface area contributed by atoms with Crippen LogP contribution in [0.15, 0.2) is 0 Å². The maximum atomic E-state index is 11.6. The topological polar surface area (TPSA) is 23.6 Å². The van der Waals surface area contributed by atoms with Crippen molar-refractivity contribution in [3.05, 3.63) is 0 Å². The van der Waals surface area contributed by atoms with E-state index in [9.17, 15) is 4.79 Å². The van der Waals surface area contributed by atoms with Crippen LogP contribution in [0.2, 0.25) is 0 Å². The van der Waals surface area contributed by atoms with Crippen LogP contribution in [0.5, 0.6) is 0 Å². The largest absolute Gasteiger partial charge is 0.341 e. The van der Waals surface area contributed by atoms with E-state index in [1.165, 1.54) is 32.4 Å². The van der Waals surface area contributed by atoms with E-state index in [0.29, 0.717) is 6.42 Å². The highest BCUT2D eigenvalue weighted by molar-refractivity contribution is 5.79. The normalized spacial score (nSPS) is 26.2. The minimum atomic E-state index is 0.150. The van der Waals surface area contributed by atoms with Gasteiger partial charge in [0.05, 0.1) is 0 Å². The van der Waals surface area contributed by atoms with Crippen LogP contribution in [0, 0.1) is 18.3 Å². The lowest BCUT2D eigenvalue weighted by atomic mass is 10.1. The second-order valence-corrected chi connectivity index (χ2v) is 5.16. The van der Waals surface area contributed by atoms with Crippen molar-refractivity contribution in [2.45, 2.75) is 32.1 Å². The first-order chi connectivity index (χ1) is 8.29. The monoisotopic (exact) mass is 234 g/mol. The molecule has 1 unspecified atom stereocenters. The zero-order chi connectivity index (χ0) is 12.1. The van der Waals surface area contributed by atoms with Gasteiger partial charge in [-0.3, -0.25) is 4.79 Å². The summed E-state index contributed by atoms with van der Waals surface area (Å²) < 4.78 is 0. The number of terminal acetylenes is 1. The van der Waals surface area contributed by atoms with E-state index < -0.39 is 0 Å². The molecule has 2 heterocycles. The van der Waals surface area contributed by atoms with Gasteiger partial charge in [-0.25, -0.2) is 0 Å². The number of carbonyl (C=O) groups excluding carboxylic acids is 1. The molecule has 0 spiro atoms. The molecule has 0 bridgehead atoms. The molecule has 2 aliphatic rings. The maximum Gasteiger partial charge on any atom is 0.223 e. The Morgan fingerprint density at radius 2 is 2.00 bits per heavy atom. The molecule has 0 aliphatic carbocycles. The average molecular weight is 234 g/mol. The molecule has 2 saturated heterocycles. The molecule has 0 aromatic rings. The van der Waals surface area contributed by atoms with E-state index >= 15 is 0 Å². The molecule has 2 fully saturated rings. The van der Waals surface area contributed by atoms with Crippen LogP contribution in [-0.2, 0) is 4.79 Å². The number of hydrogen-bond donors (Lipinski definition) is 0. The first-order valence-electron chi connectivity index (χ1n) is 6.76. The second kappa shape index (κ2) is 6.07. The minimum Gasteiger partial charge on any atom is -0.341 e. The number of likely N-dealkylation sites (tertiary alicyclic amines) is 2. The first kappa shape index (κ1) is 12.4. The summed E-state index contributed by atoms with van der Waals surface area (Å²) in [7, 11) is 0. The van der Waals surface area contributed by atoms with Crippen molar-refractivity contribution in [2.75, 3.05) is 32.7 Å². The van der Waals surface area contributed by atoms with E-state index in [-0.39, 0.29) is 11.8 Å². The van der Waals surface area contributed by atoms with E-state index in [1.54, 1.807) is 0 Å². The summed E-state index contributed by atoms with van der Waals surface area (Å²) in [6, 6.07) is 0. The smallest absolute Gasteiger partial charge is 0.223 e. The summed E-state index contributed by atoms with van der Waals surface area (Å²) in [5.41, 5.74) is 0. The zero-order valence-electron chi connectivity index (χ0n) is 10.5. The lowest BCUT2D eigenvalue weighted by Gasteiger charge is -2.27.